The molecule has 0 amide bonds. The number of unbranched alkanes of at least 4 members (excludes halogenated alkanes) is 2. The molecule has 4 nitrogen and oxygen atoms in total. The Balaban J connectivity index is 2.52. The molecule has 0 N–H and O–H groups in total. The molecule has 26 heavy (non-hydrogen) atoms. The van der Waals surface area contributed by atoms with Crippen molar-refractivity contribution >= 4 is 23.5 Å². The highest BCUT2D eigenvalue weighted by atomic mass is 32.2. The summed E-state index contributed by atoms with van der Waals surface area (Å²) < 4.78 is 11.2. The van der Waals surface area contributed by atoms with Crippen LogP contribution in [-0.2, 0) is 9.47 Å². The standard InChI is InChI=1S/C20H32N2O2S2/c1-5-9-11-17(23-7-3)15-25-19-13-14-21-20(22-19)26-16-18(24-8-4)12-10-6-2/h7-8,13-14,17-18H,3-6,9-12,15-16H2,1-2H3. The van der Waals surface area contributed by atoms with E-state index in [-0.39, 0.29) is 12.2 Å². The topological polar surface area (TPSA) is 44.2 Å². The van der Waals surface area contributed by atoms with Gasteiger partial charge in [-0.3, -0.25) is 0 Å². The first kappa shape index (κ1) is 22.9. The van der Waals surface area contributed by atoms with Crippen LogP contribution < -0.4 is 0 Å². The van der Waals surface area contributed by atoms with Crippen LogP contribution in [0.4, 0.5) is 0 Å². The van der Waals surface area contributed by atoms with Gasteiger partial charge >= 0.3 is 0 Å². The Morgan fingerprint density at radius 3 is 2.12 bits per heavy atom. The highest BCUT2D eigenvalue weighted by Gasteiger charge is 2.12. The van der Waals surface area contributed by atoms with E-state index in [0.29, 0.717) is 0 Å². The first-order chi connectivity index (χ1) is 12.7. The van der Waals surface area contributed by atoms with Gasteiger partial charge in [-0.25, -0.2) is 9.97 Å². The van der Waals surface area contributed by atoms with Gasteiger partial charge in [0.2, 0.25) is 0 Å². The van der Waals surface area contributed by atoms with Gasteiger partial charge in [0.25, 0.3) is 0 Å². The van der Waals surface area contributed by atoms with Gasteiger partial charge in [0.1, 0.15) is 17.2 Å². The Morgan fingerprint density at radius 2 is 1.58 bits per heavy atom. The summed E-state index contributed by atoms with van der Waals surface area (Å²) in [5.74, 6) is 1.70. The molecule has 2 unspecified atom stereocenters. The van der Waals surface area contributed by atoms with Gasteiger partial charge in [0.15, 0.2) is 5.16 Å². The second-order valence-electron chi connectivity index (χ2n) is 5.93. The van der Waals surface area contributed by atoms with Gasteiger partial charge in [0.05, 0.1) is 12.5 Å². The van der Waals surface area contributed by atoms with Crippen LogP contribution in [0.2, 0.25) is 0 Å². The summed E-state index contributed by atoms with van der Waals surface area (Å²) >= 11 is 3.34. The molecule has 1 aromatic rings. The van der Waals surface area contributed by atoms with E-state index >= 15 is 0 Å². The molecule has 2 atom stereocenters. The van der Waals surface area contributed by atoms with Gasteiger partial charge in [-0.15, -0.1) is 11.8 Å². The van der Waals surface area contributed by atoms with E-state index in [2.05, 4.69) is 37.0 Å². The molecule has 1 aromatic heterocycles. The van der Waals surface area contributed by atoms with E-state index in [1.54, 1.807) is 23.5 Å². The third kappa shape index (κ3) is 10.1. The summed E-state index contributed by atoms with van der Waals surface area (Å²) in [6, 6.07) is 1.95. The maximum atomic E-state index is 5.61. The Labute approximate surface area is 167 Å². The summed E-state index contributed by atoms with van der Waals surface area (Å²) in [6.45, 7) is 11.7. The second kappa shape index (κ2) is 15.0. The third-order valence-corrected chi connectivity index (χ3v) is 5.81. The van der Waals surface area contributed by atoms with Crippen LogP contribution in [0.15, 0.2) is 48.1 Å². The molecular formula is C20H32N2O2S2. The van der Waals surface area contributed by atoms with Crippen molar-refractivity contribution in [1.29, 1.82) is 0 Å². The quantitative estimate of drug-likeness (QED) is 0.146. The maximum absolute atomic E-state index is 5.61. The minimum absolute atomic E-state index is 0.164. The van der Waals surface area contributed by atoms with Crippen LogP contribution in [0.25, 0.3) is 0 Å². The summed E-state index contributed by atoms with van der Waals surface area (Å²) in [7, 11) is 0. The highest BCUT2D eigenvalue weighted by molar-refractivity contribution is 7.99. The molecule has 0 aliphatic carbocycles. The molecule has 0 bridgehead atoms. The zero-order valence-corrected chi connectivity index (χ0v) is 17.7. The molecule has 146 valence electrons. The van der Waals surface area contributed by atoms with Crippen LogP contribution in [0.1, 0.15) is 52.4 Å². The molecule has 1 rings (SSSR count). The predicted molar refractivity (Wildman–Crippen MR) is 113 cm³/mol. The Kier molecular flexibility index (Phi) is 13.2. The van der Waals surface area contributed by atoms with Gasteiger partial charge < -0.3 is 9.47 Å². The van der Waals surface area contributed by atoms with Crippen molar-refractivity contribution in [1.82, 2.24) is 9.97 Å². The molecule has 0 radical (unpaired) electrons. The number of nitrogens with zero attached hydrogens (tertiary/aromatic N) is 2. The van der Waals surface area contributed by atoms with E-state index in [0.717, 1.165) is 53.8 Å². The first-order valence-electron chi connectivity index (χ1n) is 9.34. The summed E-state index contributed by atoms with van der Waals surface area (Å²) in [4.78, 5) is 9.02. The van der Waals surface area contributed by atoms with Crippen LogP contribution in [0, 0.1) is 0 Å². The van der Waals surface area contributed by atoms with Gasteiger partial charge in [0, 0.05) is 17.7 Å². The molecule has 0 saturated heterocycles. The molecule has 0 spiro atoms. The Bertz CT molecular complexity index is 473. The van der Waals surface area contributed by atoms with E-state index in [1.165, 1.54) is 18.9 Å². The minimum Gasteiger partial charge on any atom is -0.498 e. The number of aromatic nitrogens is 2. The highest BCUT2D eigenvalue weighted by Crippen LogP contribution is 2.23. The van der Waals surface area contributed by atoms with Crippen LogP contribution in [-0.4, -0.2) is 33.7 Å². The number of rotatable bonds is 16. The predicted octanol–water partition coefficient (Wildman–Crippen LogP) is 6.10. The number of hydrogen-bond acceptors (Lipinski definition) is 6. The van der Waals surface area contributed by atoms with Gasteiger partial charge in [-0.05, 0) is 18.9 Å². The molecule has 0 saturated carbocycles. The van der Waals surface area contributed by atoms with Crippen LogP contribution in [0.3, 0.4) is 0 Å². The van der Waals surface area contributed by atoms with E-state index in [4.69, 9.17) is 9.47 Å². The van der Waals surface area contributed by atoms with Crippen molar-refractivity contribution < 1.29 is 9.47 Å². The summed E-state index contributed by atoms with van der Waals surface area (Å²) in [6.07, 6.45) is 12.0. The monoisotopic (exact) mass is 396 g/mol. The van der Waals surface area contributed by atoms with E-state index in [9.17, 15) is 0 Å². The lowest BCUT2D eigenvalue weighted by Crippen LogP contribution is -2.13. The SMILES string of the molecule is C=COC(CCCC)CSc1ccnc(SCC(CCCC)OC=C)n1. The average Bonchev–Trinajstić information content (AvgIpc) is 2.66. The fourth-order valence-corrected chi connectivity index (χ4v) is 4.18. The molecule has 0 aromatic carbocycles. The minimum atomic E-state index is 0.164. The largest absolute Gasteiger partial charge is 0.498 e. The fraction of sp³-hybridized carbons (Fsp3) is 0.600. The van der Waals surface area contributed by atoms with Crippen molar-refractivity contribution in [3.05, 3.63) is 37.9 Å². The number of hydrogen-bond donors (Lipinski definition) is 0. The average molecular weight is 397 g/mol. The first-order valence-corrected chi connectivity index (χ1v) is 11.3. The van der Waals surface area contributed by atoms with Crippen molar-refractivity contribution in [2.24, 2.45) is 0 Å². The maximum Gasteiger partial charge on any atom is 0.188 e. The van der Waals surface area contributed by atoms with Crippen LogP contribution in [0.5, 0.6) is 0 Å². The lowest BCUT2D eigenvalue weighted by molar-refractivity contribution is 0.155. The number of thioether (sulfide) groups is 2. The second-order valence-corrected chi connectivity index (χ2v) is 7.96. The molecule has 0 aliphatic rings. The normalized spacial score (nSPS) is 13.0. The van der Waals surface area contributed by atoms with Crippen molar-refractivity contribution in [3.8, 4) is 0 Å². The van der Waals surface area contributed by atoms with E-state index in [1.807, 2.05) is 12.3 Å². The molecule has 1 heterocycles. The van der Waals surface area contributed by atoms with Crippen molar-refractivity contribution in [2.75, 3.05) is 11.5 Å². The van der Waals surface area contributed by atoms with Crippen LogP contribution >= 0.6 is 23.5 Å². The molecule has 0 aliphatic heterocycles. The lowest BCUT2D eigenvalue weighted by atomic mass is 10.2. The van der Waals surface area contributed by atoms with Gasteiger partial charge in [-0.2, -0.15) is 0 Å². The zero-order chi connectivity index (χ0) is 19.0. The lowest BCUT2D eigenvalue weighted by Gasteiger charge is -2.16. The van der Waals surface area contributed by atoms with Crippen molar-refractivity contribution in [2.45, 2.75) is 74.8 Å². The Morgan fingerprint density at radius 1 is 1.00 bits per heavy atom. The third-order valence-electron chi connectivity index (χ3n) is 3.76. The van der Waals surface area contributed by atoms with E-state index < -0.39 is 0 Å². The zero-order valence-electron chi connectivity index (χ0n) is 16.1. The summed E-state index contributed by atoms with van der Waals surface area (Å²) in [5, 5.41) is 1.77. The van der Waals surface area contributed by atoms with Gasteiger partial charge in [-0.1, -0.05) is 64.5 Å². The molecular weight excluding hydrogens is 364 g/mol. The smallest absolute Gasteiger partial charge is 0.188 e. The summed E-state index contributed by atoms with van der Waals surface area (Å²) in [5.41, 5.74) is 0. The fourth-order valence-electron chi connectivity index (χ4n) is 2.34. The molecule has 0 fully saturated rings. The molecule has 6 heteroatoms. The van der Waals surface area contributed by atoms with Crippen molar-refractivity contribution in [3.63, 3.8) is 0 Å². The number of ether oxygens (including phenoxy) is 2. The Hall–Kier alpha value is -1.14.